The van der Waals surface area contributed by atoms with Crippen LogP contribution in [-0.4, -0.2) is 24.2 Å². The third kappa shape index (κ3) is 4.15. The molecule has 1 saturated carbocycles. The van der Waals surface area contributed by atoms with Gasteiger partial charge in [-0.15, -0.1) is 0 Å². The molecule has 0 saturated heterocycles. The summed E-state index contributed by atoms with van der Waals surface area (Å²) in [5, 5.41) is 3.16. The molecule has 31 heavy (non-hydrogen) atoms. The lowest BCUT2D eigenvalue weighted by Crippen LogP contribution is -2.42. The first-order chi connectivity index (χ1) is 15.2. The molecule has 6 heteroatoms. The molecule has 1 amide bonds. The molecule has 2 aromatic carbocycles. The Kier molecular flexibility index (Phi) is 5.37. The number of nitrogens with one attached hydrogen (secondary N) is 1. The maximum absolute atomic E-state index is 12.7. The van der Waals surface area contributed by atoms with Gasteiger partial charge in [0.05, 0.1) is 12.1 Å². The lowest BCUT2D eigenvalue weighted by Gasteiger charge is -2.38. The maximum atomic E-state index is 12.7. The Hall–Kier alpha value is -3.28. The Balaban J connectivity index is 1.27. The summed E-state index contributed by atoms with van der Waals surface area (Å²) in [5.41, 5.74) is 2.67. The Bertz CT molecular complexity index is 1050. The number of nitrogens with zero attached hydrogens (tertiary/aromatic N) is 1. The number of amides is 1. The van der Waals surface area contributed by atoms with Crippen molar-refractivity contribution in [2.24, 2.45) is 0 Å². The van der Waals surface area contributed by atoms with Crippen LogP contribution in [0, 0.1) is 0 Å². The average molecular weight is 418 g/mol. The number of fused-ring (bicyclic) bond motifs is 1. The van der Waals surface area contributed by atoms with Gasteiger partial charge in [-0.2, -0.15) is 0 Å². The Labute approximate surface area is 181 Å². The predicted molar refractivity (Wildman–Crippen MR) is 116 cm³/mol. The molecule has 0 unspecified atom stereocenters. The van der Waals surface area contributed by atoms with E-state index in [9.17, 15) is 4.79 Å². The number of hydrogen-bond donors (Lipinski definition) is 1. The summed E-state index contributed by atoms with van der Waals surface area (Å²) in [7, 11) is 0. The van der Waals surface area contributed by atoms with Crippen molar-refractivity contribution >= 4 is 5.91 Å². The number of carbonyl (C=O) groups excluding carboxylic acids is 1. The zero-order valence-corrected chi connectivity index (χ0v) is 17.4. The molecule has 0 bridgehead atoms. The smallest absolute Gasteiger partial charge is 0.231 e. The van der Waals surface area contributed by atoms with E-state index < -0.39 is 0 Å². The normalized spacial score (nSPS) is 16.8. The van der Waals surface area contributed by atoms with E-state index >= 15 is 0 Å². The maximum Gasteiger partial charge on any atom is 0.231 e. The van der Waals surface area contributed by atoms with Crippen LogP contribution in [0.5, 0.6) is 11.5 Å². The second-order valence-corrected chi connectivity index (χ2v) is 8.37. The molecule has 1 N–H and O–H groups in total. The van der Waals surface area contributed by atoms with Crippen LogP contribution in [0.1, 0.15) is 43.4 Å². The number of oxazole rings is 1. The SMILES string of the molecule is O=C(Cc1coc(-c2ccccc2)n1)NCC1(c2ccc3c(c2)OCO3)CCCCC1. The van der Waals surface area contributed by atoms with Crippen molar-refractivity contribution in [1.29, 1.82) is 0 Å². The highest BCUT2D eigenvalue weighted by Gasteiger charge is 2.35. The fourth-order valence-electron chi connectivity index (χ4n) is 4.62. The van der Waals surface area contributed by atoms with E-state index in [2.05, 4.69) is 22.4 Å². The van der Waals surface area contributed by atoms with Crippen LogP contribution in [0.4, 0.5) is 0 Å². The molecular weight excluding hydrogens is 392 g/mol. The standard InChI is InChI=1S/C25H26N2O4/c28-23(14-20-15-29-24(27-20)18-7-3-1-4-8-18)26-16-25(11-5-2-6-12-25)19-9-10-21-22(13-19)31-17-30-21/h1,3-4,7-10,13,15H,2,5-6,11-12,14,16-17H2,(H,26,28). The Morgan fingerprint density at radius 1 is 1.00 bits per heavy atom. The van der Waals surface area contributed by atoms with Gasteiger partial charge in [-0.25, -0.2) is 4.98 Å². The Morgan fingerprint density at radius 3 is 2.65 bits per heavy atom. The van der Waals surface area contributed by atoms with E-state index in [-0.39, 0.29) is 24.5 Å². The highest BCUT2D eigenvalue weighted by Crippen LogP contribution is 2.43. The molecule has 5 rings (SSSR count). The van der Waals surface area contributed by atoms with E-state index in [0.717, 1.165) is 42.7 Å². The highest BCUT2D eigenvalue weighted by atomic mass is 16.7. The molecule has 0 radical (unpaired) electrons. The predicted octanol–water partition coefficient (Wildman–Crippen LogP) is 4.63. The van der Waals surface area contributed by atoms with Crippen molar-refractivity contribution in [1.82, 2.24) is 10.3 Å². The fraction of sp³-hybridized carbons (Fsp3) is 0.360. The van der Waals surface area contributed by atoms with Crippen molar-refractivity contribution in [3.8, 4) is 23.0 Å². The zero-order valence-electron chi connectivity index (χ0n) is 17.4. The topological polar surface area (TPSA) is 73.6 Å². The molecule has 0 spiro atoms. The van der Waals surface area contributed by atoms with Crippen LogP contribution in [0.15, 0.2) is 59.2 Å². The minimum atomic E-state index is -0.0755. The summed E-state index contributed by atoms with van der Waals surface area (Å²) in [5.74, 6) is 2.08. The van der Waals surface area contributed by atoms with E-state index in [1.807, 2.05) is 36.4 Å². The van der Waals surface area contributed by atoms with E-state index in [1.54, 1.807) is 6.26 Å². The fourth-order valence-corrected chi connectivity index (χ4v) is 4.62. The molecule has 1 aliphatic heterocycles. The number of rotatable bonds is 6. The van der Waals surface area contributed by atoms with Crippen LogP contribution < -0.4 is 14.8 Å². The highest BCUT2D eigenvalue weighted by molar-refractivity contribution is 5.78. The monoisotopic (exact) mass is 418 g/mol. The van der Waals surface area contributed by atoms with Gasteiger partial charge in [-0.1, -0.05) is 43.5 Å². The van der Waals surface area contributed by atoms with Gasteiger partial charge in [0.15, 0.2) is 11.5 Å². The first-order valence-electron chi connectivity index (χ1n) is 10.9. The molecule has 1 aromatic heterocycles. The van der Waals surface area contributed by atoms with Gasteiger partial charge in [-0.3, -0.25) is 4.79 Å². The second kappa shape index (κ2) is 8.46. The Morgan fingerprint density at radius 2 is 1.81 bits per heavy atom. The van der Waals surface area contributed by atoms with Gasteiger partial charge < -0.3 is 19.2 Å². The minimum Gasteiger partial charge on any atom is -0.454 e. The minimum absolute atomic E-state index is 0.0430. The molecule has 2 heterocycles. The van der Waals surface area contributed by atoms with Gasteiger partial charge in [0.1, 0.15) is 6.26 Å². The average Bonchev–Trinajstić information content (AvgIpc) is 3.48. The van der Waals surface area contributed by atoms with Crippen LogP contribution in [0.25, 0.3) is 11.5 Å². The summed E-state index contributed by atoms with van der Waals surface area (Å²) in [6, 6.07) is 15.9. The van der Waals surface area contributed by atoms with Crippen molar-refractivity contribution < 1.29 is 18.7 Å². The molecule has 6 nitrogen and oxygen atoms in total. The van der Waals surface area contributed by atoms with Gasteiger partial charge in [0.25, 0.3) is 0 Å². The second-order valence-electron chi connectivity index (χ2n) is 8.37. The largest absolute Gasteiger partial charge is 0.454 e. The summed E-state index contributed by atoms with van der Waals surface area (Å²) in [6.45, 7) is 0.875. The summed E-state index contributed by atoms with van der Waals surface area (Å²) < 4.78 is 16.6. The van der Waals surface area contributed by atoms with Crippen molar-refractivity contribution in [3.05, 3.63) is 66.1 Å². The lowest BCUT2D eigenvalue weighted by atomic mass is 9.69. The third-order valence-electron chi connectivity index (χ3n) is 6.33. The first-order valence-corrected chi connectivity index (χ1v) is 10.9. The number of benzene rings is 2. The van der Waals surface area contributed by atoms with E-state index in [1.165, 1.54) is 12.0 Å². The third-order valence-corrected chi connectivity index (χ3v) is 6.33. The van der Waals surface area contributed by atoms with Crippen LogP contribution >= 0.6 is 0 Å². The van der Waals surface area contributed by atoms with Crippen LogP contribution in [0.3, 0.4) is 0 Å². The molecule has 0 atom stereocenters. The van der Waals surface area contributed by atoms with Crippen LogP contribution in [-0.2, 0) is 16.6 Å². The summed E-state index contributed by atoms with van der Waals surface area (Å²) in [4.78, 5) is 17.2. The molecule has 2 aliphatic rings. The van der Waals surface area contributed by atoms with Crippen molar-refractivity contribution in [2.45, 2.75) is 43.9 Å². The lowest BCUT2D eigenvalue weighted by molar-refractivity contribution is -0.120. The summed E-state index contributed by atoms with van der Waals surface area (Å²) >= 11 is 0. The van der Waals surface area contributed by atoms with Gasteiger partial charge >= 0.3 is 0 Å². The van der Waals surface area contributed by atoms with Gasteiger partial charge in [0, 0.05) is 17.5 Å². The molecule has 3 aromatic rings. The van der Waals surface area contributed by atoms with E-state index in [0.29, 0.717) is 18.1 Å². The first kappa shape index (κ1) is 19.7. The molecular formula is C25H26N2O4. The van der Waals surface area contributed by atoms with Crippen molar-refractivity contribution in [3.63, 3.8) is 0 Å². The van der Waals surface area contributed by atoms with Crippen LogP contribution in [0.2, 0.25) is 0 Å². The van der Waals surface area contributed by atoms with Gasteiger partial charge in [-0.05, 0) is 42.7 Å². The molecule has 160 valence electrons. The number of aromatic nitrogens is 1. The van der Waals surface area contributed by atoms with E-state index in [4.69, 9.17) is 13.9 Å². The quantitative estimate of drug-likeness (QED) is 0.632. The number of carbonyl (C=O) groups is 1. The summed E-state index contributed by atoms with van der Waals surface area (Å²) in [6.07, 6.45) is 7.43. The van der Waals surface area contributed by atoms with Crippen molar-refractivity contribution in [2.75, 3.05) is 13.3 Å². The van der Waals surface area contributed by atoms with Gasteiger partial charge in [0.2, 0.25) is 18.6 Å². The molecule has 1 fully saturated rings. The zero-order chi connectivity index (χ0) is 21.1. The molecule has 1 aliphatic carbocycles. The number of ether oxygens (including phenoxy) is 2. The number of hydrogen-bond acceptors (Lipinski definition) is 5.